The zero-order chi connectivity index (χ0) is 26.4. The zero-order valence-electron chi connectivity index (χ0n) is 21.5. The Morgan fingerprint density at radius 3 is 2.74 bits per heavy atom. The van der Waals surface area contributed by atoms with E-state index in [1.54, 1.807) is 27.0 Å². The van der Waals surface area contributed by atoms with Crippen molar-refractivity contribution >= 4 is 34.1 Å². The van der Waals surface area contributed by atoms with Gasteiger partial charge in [0, 0.05) is 24.9 Å². The van der Waals surface area contributed by atoms with Gasteiger partial charge < -0.3 is 9.88 Å². The third kappa shape index (κ3) is 3.31. The highest BCUT2D eigenvalue weighted by Gasteiger charge is 2.58. The molecule has 2 unspecified atom stereocenters. The van der Waals surface area contributed by atoms with Crippen LogP contribution in [0.5, 0.6) is 0 Å². The van der Waals surface area contributed by atoms with E-state index in [9.17, 15) is 10.1 Å². The third-order valence-electron chi connectivity index (χ3n) is 7.62. The lowest BCUT2D eigenvalue weighted by molar-refractivity contribution is 0.224. The maximum atomic E-state index is 14.3. The Labute approximate surface area is 224 Å². The van der Waals surface area contributed by atoms with Crippen molar-refractivity contribution in [3.63, 3.8) is 0 Å². The van der Waals surface area contributed by atoms with Crippen LogP contribution in [0.4, 0.5) is 5.82 Å². The first-order chi connectivity index (χ1) is 18.6. The quantitative estimate of drug-likeness (QED) is 0.330. The molecule has 38 heavy (non-hydrogen) atoms. The van der Waals surface area contributed by atoms with Gasteiger partial charge in [0.05, 0.1) is 16.6 Å². The first-order valence-electron chi connectivity index (χ1n) is 12.8. The number of fused-ring (bicyclic) bond motifs is 2. The van der Waals surface area contributed by atoms with Crippen LogP contribution in [-0.2, 0) is 11.3 Å². The molecule has 1 aliphatic heterocycles. The molecule has 9 nitrogen and oxygen atoms in total. The normalized spacial score (nSPS) is 19.1. The summed E-state index contributed by atoms with van der Waals surface area (Å²) in [5.74, 6) is 1.53. The molecular weight excluding hydrogens is 496 g/mol. The molecular formula is C28H28N8OS. The molecule has 10 heteroatoms. The van der Waals surface area contributed by atoms with Gasteiger partial charge in [0.2, 0.25) is 0 Å². The van der Waals surface area contributed by atoms with Gasteiger partial charge in [-0.25, -0.2) is 14.5 Å². The predicted molar refractivity (Wildman–Crippen MR) is 150 cm³/mol. The first kappa shape index (κ1) is 24.2. The van der Waals surface area contributed by atoms with Gasteiger partial charge in [0.15, 0.2) is 10.7 Å². The number of aryl methyl sites for hydroxylation is 1. The van der Waals surface area contributed by atoms with Crippen molar-refractivity contribution < 1.29 is 0 Å². The first-order valence-corrected chi connectivity index (χ1v) is 14.1. The molecule has 0 bridgehead atoms. The lowest BCUT2D eigenvalue weighted by atomic mass is 9.82. The highest BCUT2D eigenvalue weighted by Crippen LogP contribution is 2.56. The van der Waals surface area contributed by atoms with Crippen LogP contribution in [0.3, 0.4) is 0 Å². The van der Waals surface area contributed by atoms with Gasteiger partial charge in [-0.2, -0.15) is 10.4 Å². The van der Waals surface area contributed by atoms with Crippen molar-refractivity contribution in [2.75, 3.05) is 17.7 Å². The number of aromatic nitrogens is 6. The lowest BCUT2D eigenvalue weighted by Crippen LogP contribution is -2.65. The molecule has 5 heterocycles. The van der Waals surface area contributed by atoms with E-state index < -0.39 is 4.87 Å². The monoisotopic (exact) mass is 524 g/mol. The fraction of sp³-hybridized carbons (Fsp3) is 0.321. The van der Waals surface area contributed by atoms with Crippen LogP contribution in [0.2, 0.25) is 0 Å². The highest BCUT2D eigenvalue weighted by molar-refractivity contribution is 7.99. The SMILES string of the molecule is CCCC1CN(c2ncnc3[nH]cc(C#N)c23)C1(SC)c1nn2ccc(CC)c2c(=O)n1-c1ccccc1. The van der Waals surface area contributed by atoms with Crippen molar-refractivity contribution in [3.8, 4) is 11.8 Å². The number of hydrogen-bond acceptors (Lipinski definition) is 7. The van der Waals surface area contributed by atoms with E-state index in [0.29, 0.717) is 33.8 Å². The summed E-state index contributed by atoms with van der Waals surface area (Å²) in [6.07, 6.45) is 9.82. The van der Waals surface area contributed by atoms with Crippen LogP contribution in [0.15, 0.2) is 59.9 Å². The smallest absolute Gasteiger partial charge is 0.282 e. The van der Waals surface area contributed by atoms with Crippen LogP contribution < -0.4 is 10.5 Å². The summed E-state index contributed by atoms with van der Waals surface area (Å²) in [6.45, 7) is 4.95. The van der Waals surface area contributed by atoms with E-state index >= 15 is 0 Å². The fourth-order valence-corrected chi connectivity index (χ4v) is 7.06. The van der Waals surface area contributed by atoms with Gasteiger partial charge >= 0.3 is 0 Å². The molecule has 5 aromatic rings. The molecule has 1 saturated heterocycles. The summed E-state index contributed by atoms with van der Waals surface area (Å²) in [7, 11) is 0. The van der Waals surface area contributed by atoms with Crippen LogP contribution in [0, 0.1) is 17.2 Å². The van der Waals surface area contributed by atoms with Gasteiger partial charge in [-0.1, -0.05) is 38.5 Å². The number of hydrogen-bond donors (Lipinski definition) is 1. The van der Waals surface area contributed by atoms with E-state index in [0.717, 1.165) is 37.1 Å². The number of anilines is 1. The summed E-state index contributed by atoms with van der Waals surface area (Å²) >= 11 is 1.66. The highest BCUT2D eigenvalue weighted by atomic mass is 32.2. The lowest BCUT2D eigenvalue weighted by Gasteiger charge is -2.58. The van der Waals surface area contributed by atoms with E-state index in [-0.39, 0.29) is 11.5 Å². The molecule has 1 aliphatic rings. The summed E-state index contributed by atoms with van der Waals surface area (Å²) in [4.78, 5) is 27.9. The minimum absolute atomic E-state index is 0.0919. The van der Waals surface area contributed by atoms with Gasteiger partial charge in [-0.05, 0) is 42.9 Å². The summed E-state index contributed by atoms with van der Waals surface area (Å²) in [6, 6.07) is 14.0. The summed E-state index contributed by atoms with van der Waals surface area (Å²) in [5.41, 5.74) is 3.35. The molecule has 0 radical (unpaired) electrons. The van der Waals surface area contributed by atoms with Gasteiger partial charge in [-0.15, -0.1) is 11.8 Å². The van der Waals surface area contributed by atoms with E-state index in [1.807, 2.05) is 49.5 Å². The number of thioether (sulfide) groups is 1. The van der Waals surface area contributed by atoms with Crippen LogP contribution in [0.25, 0.3) is 22.2 Å². The number of H-pyrrole nitrogens is 1. The Bertz CT molecular complexity index is 1750. The number of rotatable bonds is 7. The zero-order valence-corrected chi connectivity index (χ0v) is 22.4. The molecule has 0 aliphatic carbocycles. The Morgan fingerprint density at radius 2 is 2.03 bits per heavy atom. The van der Waals surface area contributed by atoms with Crippen LogP contribution in [0.1, 0.15) is 43.6 Å². The van der Waals surface area contributed by atoms with Crippen molar-refractivity contribution in [2.45, 2.75) is 38.0 Å². The van der Waals surface area contributed by atoms with E-state index in [2.05, 4.69) is 39.1 Å². The summed E-state index contributed by atoms with van der Waals surface area (Å²) < 4.78 is 3.51. The van der Waals surface area contributed by atoms with Crippen LogP contribution in [-0.4, -0.2) is 41.9 Å². The average molecular weight is 525 g/mol. The minimum atomic E-state index is -0.693. The number of para-hydroxylation sites is 1. The van der Waals surface area contributed by atoms with Gasteiger partial charge in [0.1, 0.15) is 29.4 Å². The topological polar surface area (TPSA) is 108 Å². The molecule has 6 rings (SSSR count). The van der Waals surface area contributed by atoms with Gasteiger partial charge in [-0.3, -0.25) is 9.36 Å². The van der Waals surface area contributed by atoms with Crippen molar-refractivity contribution in [3.05, 3.63) is 82.4 Å². The fourth-order valence-electron chi connectivity index (χ4n) is 5.84. The van der Waals surface area contributed by atoms with Gasteiger partial charge in [0.25, 0.3) is 5.56 Å². The largest absolute Gasteiger partial charge is 0.345 e. The molecule has 0 saturated carbocycles. The predicted octanol–water partition coefficient (Wildman–Crippen LogP) is 4.64. The second-order valence-corrected chi connectivity index (χ2v) is 10.5. The Balaban J connectivity index is 1.69. The third-order valence-corrected chi connectivity index (χ3v) is 8.98. The van der Waals surface area contributed by atoms with Crippen molar-refractivity contribution in [2.24, 2.45) is 5.92 Å². The number of nitrogens with zero attached hydrogens (tertiary/aromatic N) is 7. The second-order valence-electron chi connectivity index (χ2n) is 9.52. The Hall–Kier alpha value is -4.10. The Morgan fingerprint density at radius 1 is 1.21 bits per heavy atom. The molecule has 1 aromatic carbocycles. The standard InChI is InChI=1S/C28H28N8OS/c1-4-9-20-16-34(25-22-19(14-29)15-30-24(22)31-17-32-25)28(20,38-3)27-33-35-13-12-18(5-2)23(35)26(37)36(27)21-10-7-6-8-11-21/h6-8,10-13,15,17,20H,4-5,9,16H2,1-3H3,(H,30,31,32). The Kier molecular flexibility index (Phi) is 5.95. The molecule has 0 spiro atoms. The molecule has 2 atom stereocenters. The molecule has 192 valence electrons. The maximum absolute atomic E-state index is 14.3. The number of aromatic amines is 1. The maximum Gasteiger partial charge on any atom is 0.282 e. The number of nitriles is 1. The molecule has 1 fully saturated rings. The van der Waals surface area contributed by atoms with E-state index in [1.165, 1.54) is 6.33 Å². The number of benzene rings is 1. The average Bonchev–Trinajstić information content (AvgIpc) is 3.56. The minimum Gasteiger partial charge on any atom is -0.345 e. The van der Waals surface area contributed by atoms with Crippen molar-refractivity contribution in [1.82, 2.24) is 29.1 Å². The molecule has 1 N–H and O–H groups in total. The summed E-state index contributed by atoms with van der Waals surface area (Å²) in [5, 5.41) is 15.7. The second kappa shape index (κ2) is 9.33. The molecule has 0 amide bonds. The van der Waals surface area contributed by atoms with Crippen LogP contribution >= 0.6 is 11.8 Å². The van der Waals surface area contributed by atoms with E-state index in [4.69, 9.17) is 5.10 Å². The number of nitrogens with one attached hydrogen (secondary N) is 1. The van der Waals surface area contributed by atoms with Crippen molar-refractivity contribution in [1.29, 1.82) is 5.26 Å². The molecule has 4 aromatic heterocycles.